The Bertz CT molecular complexity index is 436. The Kier molecular flexibility index (Phi) is 6.20. The number of nitrogens with one attached hydrogen (secondary N) is 1. The van der Waals surface area contributed by atoms with Crippen LogP contribution in [0, 0.1) is 5.92 Å². The molecule has 3 rings (SSSR count). The van der Waals surface area contributed by atoms with Gasteiger partial charge in [0, 0.05) is 19.6 Å². The first kappa shape index (κ1) is 17.8. The second-order valence-corrected chi connectivity index (χ2v) is 7.95. The molecule has 2 fully saturated rings. The number of piperidine rings is 1. The SMILES string of the molecule is CCCCN1C(=O)N(CC2CCCCC2)CC=CC12CCNCC2. The molecule has 2 amide bonds. The third-order valence-electron chi connectivity index (χ3n) is 6.20. The number of nitrogens with zero attached hydrogens (tertiary/aromatic N) is 2. The van der Waals surface area contributed by atoms with Crippen LogP contribution < -0.4 is 5.32 Å². The van der Waals surface area contributed by atoms with Gasteiger partial charge in [-0.1, -0.05) is 44.8 Å². The fourth-order valence-electron chi connectivity index (χ4n) is 4.69. The summed E-state index contributed by atoms with van der Waals surface area (Å²) < 4.78 is 0. The molecule has 1 N–H and O–H groups in total. The molecular formula is C20H35N3O. The second-order valence-electron chi connectivity index (χ2n) is 7.95. The van der Waals surface area contributed by atoms with Gasteiger partial charge in [0.1, 0.15) is 0 Å². The minimum Gasteiger partial charge on any atom is -0.321 e. The highest BCUT2D eigenvalue weighted by molar-refractivity contribution is 5.76. The van der Waals surface area contributed by atoms with E-state index in [-0.39, 0.29) is 5.54 Å². The Morgan fingerprint density at radius 2 is 1.96 bits per heavy atom. The standard InChI is InChI=1S/C20H35N3O/c1-2-3-16-23-19(24)22(17-18-8-5-4-6-9-18)15-7-10-20(23)11-13-21-14-12-20/h7,10,18,21H,2-6,8-9,11-17H2,1H3. The van der Waals surface area contributed by atoms with Gasteiger partial charge in [-0.05, 0) is 51.1 Å². The molecule has 24 heavy (non-hydrogen) atoms. The molecular weight excluding hydrogens is 298 g/mol. The third kappa shape index (κ3) is 3.96. The average molecular weight is 334 g/mol. The number of urea groups is 1. The summed E-state index contributed by atoms with van der Waals surface area (Å²) in [5.74, 6) is 0.714. The number of unbranched alkanes of at least 4 members (excludes halogenated alkanes) is 1. The summed E-state index contributed by atoms with van der Waals surface area (Å²) in [6, 6.07) is 0.293. The van der Waals surface area contributed by atoms with Gasteiger partial charge < -0.3 is 15.1 Å². The molecule has 2 heterocycles. The molecule has 1 aliphatic carbocycles. The Hall–Kier alpha value is -1.03. The minimum atomic E-state index is -0.0428. The van der Waals surface area contributed by atoms with Gasteiger partial charge in [-0.25, -0.2) is 4.79 Å². The van der Waals surface area contributed by atoms with Gasteiger partial charge in [-0.3, -0.25) is 0 Å². The summed E-state index contributed by atoms with van der Waals surface area (Å²) >= 11 is 0. The van der Waals surface area contributed by atoms with E-state index in [0.717, 1.165) is 58.4 Å². The van der Waals surface area contributed by atoms with Crippen molar-refractivity contribution in [1.29, 1.82) is 0 Å². The molecule has 136 valence electrons. The summed E-state index contributed by atoms with van der Waals surface area (Å²) in [5.41, 5.74) is -0.0428. The third-order valence-corrected chi connectivity index (χ3v) is 6.20. The van der Waals surface area contributed by atoms with E-state index in [2.05, 4.69) is 34.2 Å². The van der Waals surface area contributed by atoms with Gasteiger partial charge in [0.2, 0.25) is 0 Å². The molecule has 0 unspecified atom stereocenters. The molecule has 0 aromatic rings. The van der Waals surface area contributed by atoms with Gasteiger partial charge in [0.15, 0.2) is 0 Å². The topological polar surface area (TPSA) is 35.6 Å². The molecule has 0 aromatic heterocycles. The monoisotopic (exact) mass is 333 g/mol. The van der Waals surface area contributed by atoms with E-state index in [1.165, 1.54) is 32.1 Å². The fourth-order valence-corrected chi connectivity index (χ4v) is 4.69. The summed E-state index contributed by atoms with van der Waals surface area (Å²) in [6.45, 7) is 6.91. The molecule has 1 saturated carbocycles. The lowest BCUT2D eigenvalue weighted by Crippen LogP contribution is -2.58. The molecule has 1 spiro atoms. The molecule has 0 aromatic carbocycles. The minimum absolute atomic E-state index is 0.0428. The van der Waals surface area contributed by atoms with Crippen LogP contribution in [0.2, 0.25) is 0 Å². The van der Waals surface area contributed by atoms with E-state index in [1.807, 2.05) is 0 Å². The lowest BCUT2D eigenvalue weighted by molar-refractivity contribution is 0.0899. The fraction of sp³-hybridized carbons (Fsp3) is 0.850. The molecule has 3 aliphatic rings. The molecule has 1 saturated heterocycles. The summed E-state index contributed by atoms with van der Waals surface area (Å²) in [7, 11) is 0. The van der Waals surface area contributed by atoms with Crippen LogP contribution in [0.1, 0.15) is 64.7 Å². The van der Waals surface area contributed by atoms with Crippen LogP contribution in [-0.2, 0) is 0 Å². The maximum absolute atomic E-state index is 13.4. The van der Waals surface area contributed by atoms with Gasteiger partial charge in [0.25, 0.3) is 0 Å². The molecule has 0 radical (unpaired) electrons. The van der Waals surface area contributed by atoms with Crippen molar-refractivity contribution in [2.75, 3.05) is 32.7 Å². The van der Waals surface area contributed by atoms with Crippen LogP contribution >= 0.6 is 0 Å². The van der Waals surface area contributed by atoms with Gasteiger partial charge >= 0.3 is 6.03 Å². The number of carbonyl (C=O) groups excluding carboxylic acids is 1. The van der Waals surface area contributed by atoms with E-state index in [9.17, 15) is 4.79 Å². The van der Waals surface area contributed by atoms with E-state index in [4.69, 9.17) is 0 Å². The van der Waals surface area contributed by atoms with Gasteiger partial charge in [-0.2, -0.15) is 0 Å². The zero-order chi connectivity index (χ0) is 16.8. The number of hydrogen-bond acceptors (Lipinski definition) is 2. The Morgan fingerprint density at radius 3 is 2.67 bits per heavy atom. The van der Waals surface area contributed by atoms with E-state index >= 15 is 0 Å². The maximum atomic E-state index is 13.4. The second kappa shape index (κ2) is 8.37. The number of carbonyl (C=O) groups is 1. The van der Waals surface area contributed by atoms with Crippen molar-refractivity contribution in [3.63, 3.8) is 0 Å². The lowest BCUT2D eigenvalue weighted by Gasteiger charge is -2.45. The first-order valence-electron chi connectivity index (χ1n) is 10.2. The first-order valence-corrected chi connectivity index (χ1v) is 10.2. The van der Waals surface area contributed by atoms with Crippen molar-refractivity contribution in [2.45, 2.75) is 70.3 Å². The normalized spacial score (nSPS) is 25.3. The van der Waals surface area contributed by atoms with Crippen LogP contribution in [0.25, 0.3) is 0 Å². The van der Waals surface area contributed by atoms with Gasteiger partial charge in [-0.15, -0.1) is 0 Å². The van der Waals surface area contributed by atoms with Crippen molar-refractivity contribution in [3.8, 4) is 0 Å². The number of hydrogen-bond donors (Lipinski definition) is 1. The number of rotatable bonds is 5. The van der Waals surface area contributed by atoms with Crippen molar-refractivity contribution in [3.05, 3.63) is 12.2 Å². The molecule has 2 aliphatic heterocycles. The highest BCUT2D eigenvalue weighted by Crippen LogP contribution is 2.32. The highest BCUT2D eigenvalue weighted by Gasteiger charge is 2.41. The van der Waals surface area contributed by atoms with Crippen LogP contribution in [0.3, 0.4) is 0 Å². The Morgan fingerprint density at radius 1 is 1.21 bits per heavy atom. The predicted molar refractivity (Wildman–Crippen MR) is 99.1 cm³/mol. The summed E-state index contributed by atoms with van der Waals surface area (Å²) in [5, 5.41) is 3.46. The van der Waals surface area contributed by atoms with Crippen LogP contribution in [-0.4, -0.2) is 54.1 Å². The van der Waals surface area contributed by atoms with Crippen molar-refractivity contribution >= 4 is 6.03 Å². The first-order chi connectivity index (χ1) is 11.7. The largest absolute Gasteiger partial charge is 0.321 e. The van der Waals surface area contributed by atoms with E-state index < -0.39 is 0 Å². The predicted octanol–water partition coefficient (Wildman–Crippen LogP) is 3.78. The zero-order valence-corrected chi connectivity index (χ0v) is 15.4. The van der Waals surface area contributed by atoms with Crippen LogP contribution in [0.5, 0.6) is 0 Å². The van der Waals surface area contributed by atoms with Crippen LogP contribution in [0.15, 0.2) is 12.2 Å². The van der Waals surface area contributed by atoms with Crippen molar-refractivity contribution < 1.29 is 4.79 Å². The maximum Gasteiger partial charge on any atom is 0.321 e. The summed E-state index contributed by atoms with van der Waals surface area (Å²) in [6.07, 6.45) is 15.7. The molecule has 4 nitrogen and oxygen atoms in total. The van der Waals surface area contributed by atoms with E-state index in [1.54, 1.807) is 0 Å². The number of amides is 2. The molecule has 4 heteroatoms. The van der Waals surface area contributed by atoms with Crippen LogP contribution in [0.4, 0.5) is 4.79 Å². The molecule has 0 atom stereocenters. The summed E-state index contributed by atoms with van der Waals surface area (Å²) in [4.78, 5) is 17.8. The van der Waals surface area contributed by atoms with Crippen molar-refractivity contribution in [1.82, 2.24) is 15.1 Å². The highest BCUT2D eigenvalue weighted by atomic mass is 16.2. The molecule has 0 bridgehead atoms. The van der Waals surface area contributed by atoms with Crippen molar-refractivity contribution in [2.24, 2.45) is 5.92 Å². The zero-order valence-electron chi connectivity index (χ0n) is 15.4. The van der Waals surface area contributed by atoms with Gasteiger partial charge in [0.05, 0.1) is 5.54 Å². The van der Waals surface area contributed by atoms with E-state index in [0.29, 0.717) is 11.9 Å². The lowest BCUT2D eigenvalue weighted by atomic mass is 9.86. The smallest absolute Gasteiger partial charge is 0.321 e. The average Bonchev–Trinajstić information content (AvgIpc) is 2.73. The quantitative estimate of drug-likeness (QED) is 0.777. The Balaban J connectivity index is 1.74. The Labute approximate surface area is 147 Å².